The Bertz CT molecular complexity index is 487. The van der Waals surface area contributed by atoms with Crippen LogP contribution in [0.25, 0.3) is 0 Å². The number of hydrogen-bond donors (Lipinski definition) is 2. The van der Waals surface area contributed by atoms with Crippen LogP contribution < -0.4 is 5.32 Å². The average Bonchev–Trinajstić information content (AvgIpc) is 2.87. The van der Waals surface area contributed by atoms with Crippen molar-refractivity contribution in [2.75, 3.05) is 26.2 Å². The number of likely N-dealkylation sites (tertiary alicyclic amines) is 1. The van der Waals surface area contributed by atoms with Gasteiger partial charge in [-0.05, 0) is 46.2 Å². The fraction of sp³-hybridized carbons (Fsp3) is 0.833. The van der Waals surface area contributed by atoms with E-state index < -0.39 is 0 Å². The molecule has 0 aliphatic carbocycles. The summed E-state index contributed by atoms with van der Waals surface area (Å²) in [7, 11) is 0. The van der Waals surface area contributed by atoms with Gasteiger partial charge in [0.2, 0.25) is 0 Å². The van der Waals surface area contributed by atoms with Crippen molar-refractivity contribution in [3.63, 3.8) is 0 Å². The van der Waals surface area contributed by atoms with Crippen LogP contribution in [0.15, 0.2) is 0 Å². The van der Waals surface area contributed by atoms with Gasteiger partial charge in [-0.25, -0.2) is 4.98 Å². The number of aryl methyl sites for hydroxylation is 1. The number of nitrogens with zero attached hydrogens (tertiary/aromatic N) is 2. The van der Waals surface area contributed by atoms with E-state index in [1.165, 1.54) is 15.6 Å². The molecule has 0 amide bonds. The highest BCUT2D eigenvalue weighted by Gasteiger charge is 2.22. The first kappa shape index (κ1) is 18.8. The second-order valence-corrected chi connectivity index (χ2v) is 8.85. The minimum absolute atomic E-state index is 0.0734. The van der Waals surface area contributed by atoms with Gasteiger partial charge in [-0.3, -0.25) is 0 Å². The van der Waals surface area contributed by atoms with E-state index in [0.29, 0.717) is 6.04 Å². The molecule has 1 saturated heterocycles. The van der Waals surface area contributed by atoms with Gasteiger partial charge in [-0.2, -0.15) is 0 Å². The Morgan fingerprint density at radius 3 is 2.57 bits per heavy atom. The van der Waals surface area contributed by atoms with E-state index in [-0.39, 0.29) is 11.5 Å². The van der Waals surface area contributed by atoms with Crippen molar-refractivity contribution < 1.29 is 5.11 Å². The Labute approximate surface area is 145 Å². The molecule has 0 aromatic carbocycles. The predicted molar refractivity (Wildman–Crippen MR) is 98.3 cm³/mol. The van der Waals surface area contributed by atoms with E-state index in [1.807, 2.05) is 11.3 Å². The van der Waals surface area contributed by atoms with E-state index in [9.17, 15) is 5.11 Å². The highest BCUT2D eigenvalue weighted by atomic mass is 32.1. The molecule has 0 bridgehead atoms. The molecule has 1 aromatic heterocycles. The highest BCUT2D eigenvalue weighted by Crippen LogP contribution is 2.32. The van der Waals surface area contributed by atoms with Crippen molar-refractivity contribution in [3.8, 4) is 0 Å². The molecule has 2 heterocycles. The van der Waals surface area contributed by atoms with Crippen molar-refractivity contribution in [1.82, 2.24) is 15.2 Å². The third-order valence-electron chi connectivity index (χ3n) is 4.53. The Morgan fingerprint density at radius 2 is 2.00 bits per heavy atom. The lowest BCUT2D eigenvalue weighted by Gasteiger charge is -2.29. The van der Waals surface area contributed by atoms with Crippen LogP contribution in [-0.4, -0.2) is 47.3 Å². The fourth-order valence-electron chi connectivity index (χ4n) is 2.99. The maximum atomic E-state index is 9.54. The van der Waals surface area contributed by atoms with Gasteiger partial charge >= 0.3 is 0 Å². The molecule has 1 aliphatic heterocycles. The number of thiazole rings is 1. The van der Waals surface area contributed by atoms with Crippen LogP contribution in [0.4, 0.5) is 0 Å². The Kier molecular flexibility index (Phi) is 6.60. The Morgan fingerprint density at radius 1 is 1.35 bits per heavy atom. The largest absolute Gasteiger partial charge is 0.393 e. The average molecular weight is 340 g/mol. The zero-order valence-electron chi connectivity index (χ0n) is 15.4. The van der Waals surface area contributed by atoms with Crippen LogP contribution >= 0.6 is 11.3 Å². The molecule has 23 heavy (non-hydrogen) atoms. The number of piperidine rings is 1. The van der Waals surface area contributed by atoms with Crippen LogP contribution in [0, 0.1) is 6.92 Å². The summed E-state index contributed by atoms with van der Waals surface area (Å²) < 4.78 is 0. The number of nitrogens with one attached hydrogen (secondary N) is 1. The van der Waals surface area contributed by atoms with E-state index >= 15 is 0 Å². The first-order valence-electron chi connectivity index (χ1n) is 8.89. The van der Waals surface area contributed by atoms with Gasteiger partial charge in [0, 0.05) is 29.4 Å². The van der Waals surface area contributed by atoms with Crippen molar-refractivity contribution in [1.29, 1.82) is 0 Å². The number of aromatic nitrogens is 1. The van der Waals surface area contributed by atoms with Crippen molar-refractivity contribution >= 4 is 11.3 Å². The standard InChI is InChI=1S/C18H33N3OS/c1-13(16-14(2)20-17(23-16)18(3,4)5)19-9-6-10-21-11-7-15(22)8-12-21/h13,15,19,22H,6-12H2,1-5H3. The van der Waals surface area contributed by atoms with Crippen LogP contribution in [0.5, 0.6) is 0 Å². The number of rotatable bonds is 6. The zero-order chi connectivity index (χ0) is 17.0. The summed E-state index contributed by atoms with van der Waals surface area (Å²) in [6.45, 7) is 15.3. The Hall–Kier alpha value is -0.490. The van der Waals surface area contributed by atoms with Gasteiger partial charge in [0.25, 0.3) is 0 Å². The van der Waals surface area contributed by atoms with E-state index in [0.717, 1.165) is 45.4 Å². The second kappa shape index (κ2) is 8.06. The van der Waals surface area contributed by atoms with Crippen LogP contribution in [0.2, 0.25) is 0 Å². The van der Waals surface area contributed by atoms with Crippen LogP contribution in [0.1, 0.15) is 68.6 Å². The number of aliphatic hydroxyl groups excluding tert-OH is 1. The summed E-state index contributed by atoms with van der Waals surface area (Å²) >= 11 is 1.85. The maximum Gasteiger partial charge on any atom is 0.0985 e. The van der Waals surface area contributed by atoms with E-state index in [4.69, 9.17) is 4.98 Å². The molecule has 1 atom stereocenters. The monoisotopic (exact) mass is 339 g/mol. The van der Waals surface area contributed by atoms with Gasteiger partial charge in [-0.15, -0.1) is 11.3 Å². The third-order valence-corrected chi connectivity index (χ3v) is 6.29. The second-order valence-electron chi connectivity index (χ2n) is 7.82. The summed E-state index contributed by atoms with van der Waals surface area (Å²) in [5.41, 5.74) is 1.30. The molecule has 132 valence electrons. The third kappa shape index (κ3) is 5.52. The molecule has 1 fully saturated rings. The van der Waals surface area contributed by atoms with Gasteiger partial charge < -0.3 is 15.3 Å². The SMILES string of the molecule is Cc1nc(C(C)(C)C)sc1C(C)NCCCN1CCC(O)CC1. The van der Waals surface area contributed by atoms with Gasteiger partial charge in [0.15, 0.2) is 0 Å². The number of aliphatic hydroxyl groups is 1. The lowest BCUT2D eigenvalue weighted by Crippen LogP contribution is -2.37. The van der Waals surface area contributed by atoms with Gasteiger partial charge in [0.05, 0.1) is 16.8 Å². The molecule has 0 saturated carbocycles. The highest BCUT2D eigenvalue weighted by molar-refractivity contribution is 7.12. The first-order chi connectivity index (χ1) is 10.8. The topological polar surface area (TPSA) is 48.4 Å². The molecule has 1 aromatic rings. The Balaban J connectivity index is 1.74. The lowest BCUT2D eigenvalue weighted by atomic mass is 9.98. The summed E-state index contributed by atoms with van der Waals surface area (Å²) in [4.78, 5) is 8.60. The van der Waals surface area contributed by atoms with Crippen molar-refractivity contribution in [2.45, 2.75) is 71.4 Å². The zero-order valence-corrected chi connectivity index (χ0v) is 16.2. The van der Waals surface area contributed by atoms with Gasteiger partial charge in [0.1, 0.15) is 0 Å². The van der Waals surface area contributed by atoms with E-state index in [2.05, 4.69) is 44.8 Å². The molecule has 0 radical (unpaired) electrons. The molecular weight excluding hydrogens is 306 g/mol. The molecule has 0 spiro atoms. The summed E-state index contributed by atoms with van der Waals surface area (Å²) in [6.07, 6.45) is 2.94. The summed E-state index contributed by atoms with van der Waals surface area (Å²) in [6, 6.07) is 0.367. The quantitative estimate of drug-likeness (QED) is 0.781. The molecular formula is C18H33N3OS. The van der Waals surface area contributed by atoms with Crippen LogP contribution in [-0.2, 0) is 5.41 Å². The minimum atomic E-state index is -0.0734. The fourth-order valence-corrected chi connectivity index (χ4v) is 4.14. The smallest absolute Gasteiger partial charge is 0.0985 e. The van der Waals surface area contributed by atoms with E-state index in [1.54, 1.807) is 0 Å². The van der Waals surface area contributed by atoms with Crippen molar-refractivity contribution in [2.24, 2.45) is 0 Å². The molecule has 2 rings (SSSR count). The summed E-state index contributed by atoms with van der Waals surface area (Å²) in [5.74, 6) is 0. The van der Waals surface area contributed by atoms with Crippen LogP contribution in [0.3, 0.4) is 0 Å². The normalized spacial score (nSPS) is 19.2. The first-order valence-corrected chi connectivity index (χ1v) is 9.70. The molecule has 1 aliphatic rings. The molecule has 5 heteroatoms. The molecule has 4 nitrogen and oxygen atoms in total. The summed E-state index contributed by atoms with van der Waals surface area (Å²) in [5, 5.41) is 14.4. The predicted octanol–water partition coefficient (Wildman–Crippen LogP) is 3.25. The maximum absolute atomic E-state index is 9.54. The van der Waals surface area contributed by atoms with Crippen molar-refractivity contribution in [3.05, 3.63) is 15.6 Å². The minimum Gasteiger partial charge on any atom is -0.393 e. The van der Waals surface area contributed by atoms with Gasteiger partial charge in [-0.1, -0.05) is 20.8 Å². The lowest BCUT2D eigenvalue weighted by molar-refractivity contribution is 0.0820. The molecule has 2 N–H and O–H groups in total. The number of hydrogen-bond acceptors (Lipinski definition) is 5. The molecule has 1 unspecified atom stereocenters.